The van der Waals surface area contributed by atoms with E-state index in [0.717, 1.165) is 0 Å². The lowest BCUT2D eigenvalue weighted by atomic mass is 9.79. The standard InChI is InChI=1S/C12H17N3O4/c1-14(8-5-7(6-8)12(18)19)11(17)9-3-4-10(16)15(2)13-9/h7-8H,3-6H2,1-2H3,(H,18,19). The molecular weight excluding hydrogens is 250 g/mol. The number of aliphatic carboxylic acids is 1. The molecule has 1 aliphatic carbocycles. The third-order valence-electron chi connectivity index (χ3n) is 3.78. The van der Waals surface area contributed by atoms with Gasteiger partial charge < -0.3 is 10.0 Å². The molecule has 2 rings (SSSR count). The minimum absolute atomic E-state index is 0.0424. The fourth-order valence-electron chi connectivity index (χ4n) is 2.30. The van der Waals surface area contributed by atoms with Crippen molar-refractivity contribution >= 4 is 23.5 Å². The van der Waals surface area contributed by atoms with E-state index in [-0.39, 0.29) is 30.2 Å². The maximum Gasteiger partial charge on any atom is 0.306 e. The summed E-state index contributed by atoms with van der Waals surface area (Å²) in [6, 6.07) is -0.0424. The molecule has 1 heterocycles. The zero-order chi connectivity index (χ0) is 14.2. The summed E-state index contributed by atoms with van der Waals surface area (Å²) in [6.07, 6.45) is 1.61. The van der Waals surface area contributed by atoms with Crippen LogP contribution in [0.5, 0.6) is 0 Å². The van der Waals surface area contributed by atoms with Crippen LogP contribution in [0.2, 0.25) is 0 Å². The van der Waals surface area contributed by atoms with Gasteiger partial charge in [0, 0.05) is 33.0 Å². The maximum atomic E-state index is 12.2. The highest BCUT2D eigenvalue weighted by molar-refractivity contribution is 6.39. The second-order valence-corrected chi connectivity index (χ2v) is 5.04. The minimum Gasteiger partial charge on any atom is -0.481 e. The van der Waals surface area contributed by atoms with Crippen molar-refractivity contribution in [3.63, 3.8) is 0 Å². The molecule has 104 valence electrons. The Labute approximate surface area is 110 Å². The molecule has 0 atom stereocenters. The van der Waals surface area contributed by atoms with Gasteiger partial charge in [-0.3, -0.25) is 14.4 Å². The van der Waals surface area contributed by atoms with Gasteiger partial charge in [0.05, 0.1) is 5.92 Å². The fraction of sp³-hybridized carbons (Fsp3) is 0.667. The van der Waals surface area contributed by atoms with E-state index >= 15 is 0 Å². The van der Waals surface area contributed by atoms with Crippen molar-refractivity contribution < 1.29 is 19.5 Å². The predicted octanol–water partition coefficient (Wildman–Crippen LogP) is -0.0838. The Morgan fingerprint density at radius 3 is 2.53 bits per heavy atom. The van der Waals surface area contributed by atoms with Crippen molar-refractivity contribution in [2.24, 2.45) is 11.0 Å². The van der Waals surface area contributed by atoms with E-state index in [2.05, 4.69) is 5.10 Å². The van der Waals surface area contributed by atoms with E-state index in [0.29, 0.717) is 25.0 Å². The molecule has 2 amide bonds. The highest BCUT2D eigenvalue weighted by atomic mass is 16.4. The normalized spacial score (nSPS) is 26.5. The zero-order valence-electron chi connectivity index (χ0n) is 11.0. The molecule has 1 aliphatic heterocycles. The van der Waals surface area contributed by atoms with Gasteiger partial charge in [-0.25, -0.2) is 5.01 Å². The van der Waals surface area contributed by atoms with E-state index in [9.17, 15) is 14.4 Å². The summed E-state index contributed by atoms with van der Waals surface area (Å²) in [6.45, 7) is 0. The van der Waals surface area contributed by atoms with Crippen LogP contribution in [0.3, 0.4) is 0 Å². The van der Waals surface area contributed by atoms with E-state index in [1.54, 1.807) is 11.9 Å². The van der Waals surface area contributed by atoms with Crippen LogP contribution in [0.1, 0.15) is 25.7 Å². The maximum absolute atomic E-state index is 12.2. The number of rotatable bonds is 3. The van der Waals surface area contributed by atoms with Gasteiger partial charge in [0.1, 0.15) is 5.71 Å². The molecule has 0 spiro atoms. The average Bonchev–Trinajstić information content (AvgIpc) is 2.29. The van der Waals surface area contributed by atoms with Crippen LogP contribution in [0.25, 0.3) is 0 Å². The van der Waals surface area contributed by atoms with Crippen LogP contribution in [0.15, 0.2) is 5.10 Å². The van der Waals surface area contributed by atoms with Gasteiger partial charge >= 0.3 is 5.97 Å². The molecule has 0 unspecified atom stereocenters. The quantitative estimate of drug-likeness (QED) is 0.774. The molecular formula is C12H17N3O4. The molecule has 0 aromatic carbocycles. The zero-order valence-corrected chi connectivity index (χ0v) is 11.0. The van der Waals surface area contributed by atoms with Gasteiger partial charge in [0.25, 0.3) is 5.91 Å². The Balaban J connectivity index is 1.95. The number of amides is 2. The highest BCUT2D eigenvalue weighted by Gasteiger charge is 2.39. The number of nitrogens with zero attached hydrogens (tertiary/aromatic N) is 3. The predicted molar refractivity (Wildman–Crippen MR) is 66.4 cm³/mol. The Morgan fingerprint density at radius 2 is 2.00 bits per heavy atom. The van der Waals surface area contributed by atoms with Crippen LogP contribution in [0, 0.1) is 5.92 Å². The van der Waals surface area contributed by atoms with E-state index < -0.39 is 5.97 Å². The van der Waals surface area contributed by atoms with Crippen LogP contribution in [-0.2, 0) is 14.4 Å². The Bertz CT molecular complexity index is 454. The van der Waals surface area contributed by atoms with Crippen molar-refractivity contribution in [1.82, 2.24) is 9.91 Å². The van der Waals surface area contributed by atoms with Gasteiger partial charge in [0.2, 0.25) is 5.91 Å². The van der Waals surface area contributed by atoms with Crippen molar-refractivity contribution in [2.45, 2.75) is 31.7 Å². The topological polar surface area (TPSA) is 90.3 Å². The van der Waals surface area contributed by atoms with Gasteiger partial charge in [-0.05, 0) is 12.8 Å². The lowest BCUT2D eigenvalue weighted by molar-refractivity contribution is -0.148. The van der Waals surface area contributed by atoms with Gasteiger partial charge in [-0.2, -0.15) is 5.10 Å². The lowest BCUT2D eigenvalue weighted by Crippen LogP contribution is -2.50. The molecule has 2 aliphatic rings. The third kappa shape index (κ3) is 2.59. The molecule has 0 radical (unpaired) electrons. The number of carboxylic acid groups (broad SMARTS) is 1. The Morgan fingerprint density at radius 1 is 1.37 bits per heavy atom. The molecule has 0 aromatic rings. The largest absolute Gasteiger partial charge is 0.481 e. The molecule has 19 heavy (non-hydrogen) atoms. The molecule has 0 bridgehead atoms. The molecule has 1 saturated carbocycles. The first-order chi connectivity index (χ1) is 8.90. The first kappa shape index (κ1) is 13.5. The first-order valence-corrected chi connectivity index (χ1v) is 6.24. The van der Waals surface area contributed by atoms with Crippen LogP contribution < -0.4 is 0 Å². The number of carbonyl (C=O) groups is 3. The summed E-state index contributed by atoms with van der Waals surface area (Å²) in [4.78, 5) is 35.7. The third-order valence-corrected chi connectivity index (χ3v) is 3.78. The summed E-state index contributed by atoms with van der Waals surface area (Å²) in [7, 11) is 3.18. The lowest BCUT2D eigenvalue weighted by Gasteiger charge is -2.39. The molecule has 0 saturated heterocycles. The Kier molecular flexibility index (Phi) is 3.55. The van der Waals surface area contributed by atoms with E-state index in [1.165, 1.54) is 12.1 Å². The van der Waals surface area contributed by atoms with Gasteiger partial charge in [-0.1, -0.05) is 0 Å². The van der Waals surface area contributed by atoms with Crippen molar-refractivity contribution in [1.29, 1.82) is 0 Å². The number of hydrogen-bond donors (Lipinski definition) is 1. The second kappa shape index (κ2) is 4.99. The van der Waals surface area contributed by atoms with Crippen molar-refractivity contribution in [3.8, 4) is 0 Å². The Hall–Kier alpha value is -1.92. The van der Waals surface area contributed by atoms with Gasteiger partial charge in [0.15, 0.2) is 0 Å². The summed E-state index contributed by atoms with van der Waals surface area (Å²) in [5.41, 5.74) is 0.364. The van der Waals surface area contributed by atoms with Crippen LogP contribution in [0.4, 0.5) is 0 Å². The second-order valence-electron chi connectivity index (χ2n) is 5.04. The summed E-state index contributed by atoms with van der Waals surface area (Å²) in [5, 5.41) is 14.0. The first-order valence-electron chi connectivity index (χ1n) is 6.24. The number of hydrazone groups is 1. The summed E-state index contributed by atoms with van der Waals surface area (Å²) < 4.78 is 0. The minimum atomic E-state index is -0.808. The molecule has 1 fully saturated rings. The van der Waals surface area contributed by atoms with E-state index in [4.69, 9.17) is 5.11 Å². The summed E-state index contributed by atoms with van der Waals surface area (Å²) >= 11 is 0. The highest BCUT2D eigenvalue weighted by Crippen LogP contribution is 2.31. The monoisotopic (exact) mass is 267 g/mol. The number of hydrogen-bond acceptors (Lipinski definition) is 4. The average molecular weight is 267 g/mol. The van der Waals surface area contributed by atoms with Crippen molar-refractivity contribution in [2.75, 3.05) is 14.1 Å². The number of carbonyl (C=O) groups excluding carboxylic acids is 2. The molecule has 7 heteroatoms. The SMILES string of the molecule is CN1N=C(C(=O)N(C)C2CC(C(=O)O)C2)CCC1=O. The van der Waals surface area contributed by atoms with E-state index in [1.807, 2.05) is 0 Å². The molecule has 0 aromatic heterocycles. The van der Waals surface area contributed by atoms with Gasteiger partial charge in [-0.15, -0.1) is 0 Å². The number of carboxylic acids is 1. The smallest absolute Gasteiger partial charge is 0.306 e. The fourth-order valence-corrected chi connectivity index (χ4v) is 2.30. The van der Waals surface area contributed by atoms with Crippen molar-refractivity contribution in [3.05, 3.63) is 0 Å². The van der Waals surface area contributed by atoms with Crippen LogP contribution in [-0.4, -0.2) is 58.6 Å². The summed E-state index contributed by atoms with van der Waals surface area (Å²) in [5.74, 6) is -1.47. The molecule has 1 N–H and O–H groups in total. The molecule has 7 nitrogen and oxygen atoms in total. The van der Waals surface area contributed by atoms with Crippen LogP contribution >= 0.6 is 0 Å².